The molecule has 0 amide bonds. The van der Waals surface area contributed by atoms with Crippen LogP contribution in [0, 0.1) is 6.92 Å². The van der Waals surface area contributed by atoms with Crippen molar-refractivity contribution >= 4 is 16.7 Å². The Balaban J connectivity index is 1.56. The Morgan fingerprint density at radius 3 is 2.43 bits per heavy atom. The lowest BCUT2D eigenvalue weighted by molar-refractivity contribution is 0.246. The zero-order valence-corrected chi connectivity index (χ0v) is 16.4. The van der Waals surface area contributed by atoms with E-state index in [4.69, 9.17) is 4.42 Å². The highest BCUT2D eigenvalue weighted by molar-refractivity contribution is 5.86. The lowest BCUT2D eigenvalue weighted by atomic mass is 10.00. The second kappa shape index (κ2) is 7.68. The summed E-state index contributed by atoms with van der Waals surface area (Å²) < 4.78 is 5.39. The SMILES string of the molecule is CCc1cc(=O)oc2c(C)c(O)c(CN3CCN(c4ccccc4)CC3)cc12. The zero-order chi connectivity index (χ0) is 19.7. The molecule has 28 heavy (non-hydrogen) atoms. The largest absolute Gasteiger partial charge is 0.507 e. The fraction of sp³-hybridized carbons (Fsp3) is 0.348. The molecule has 2 heterocycles. The van der Waals surface area contributed by atoms with Gasteiger partial charge in [0.05, 0.1) is 0 Å². The number of anilines is 1. The van der Waals surface area contributed by atoms with Gasteiger partial charge in [0, 0.05) is 61.0 Å². The quantitative estimate of drug-likeness (QED) is 0.702. The molecule has 1 N–H and O–H groups in total. The van der Waals surface area contributed by atoms with Crippen LogP contribution in [0.5, 0.6) is 5.75 Å². The number of hydrogen-bond acceptors (Lipinski definition) is 5. The molecular formula is C23H26N2O3. The van der Waals surface area contributed by atoms with Crippen molar-refractivity contribution in [2.75, 3.05) is 31.1 Å². The molecule has 2 aromatic carbocycles. The van der Waals surface area contributed by atoms with E-state index in [-0.39, 0.29) is 11.4 Å². The van der Waals surface area contributed by atoms with Crippen molar-refractivity contribution in [3.63, 3.8) is 0 Å². The summed E-state index contributed by atoms with van der Waals surface area (Å²) in [6, 6.07) is 14.0. The minimum absolute atomic E-state index is 0.231. The minimum atomic E-state index is -0.364. The van der Waals surface area contributed by atoms with Crippen LogP contribution >= 0.6 is 0 Å². The van der Waals surface area contributed by atoms with Gasteiger partial charge in [-0.25, -0.2) is 4.79 Å². The Bertz CT molecular complexity index is 1040. The first-order valence-electron chi connectivity index (χ1n) is 9.87. The van der Waals surface area contributed by atoms with Crippen LogP contribution in [0.4, 0.5) is 5.69 Å². The Morgan fingerprint density at radius 1 is 1.04 bits per heavy atom. The Labute approximate surface area is 164 Å². The average Bonchev–Trinajstić information content (AvgIpc) is 2.73. The number of para-hydroxylation sites is 1. The van der Waals surface area contributed by atoms with Crippen LogP contribution in [0.3, 0.4) is 0 Å². The van der Waals surface area contributed by atoms with Crippen molar-refractivity contribution < 1.29 is 9.52 Å². The first-order chi connectivity index (χ1) is 13.6. The van der Waals surface area contributed by atoms with Gasteiger partial charge in [-0.2, -0.15) is 0 Å². The van der Waals surface area contributed by atoms with Gasteiger partial charge in [0.15, 0.2) is 0 Å². The van der Waals surface area contributed by atoms with E-state index in [0.29, 0.717) is 17.7 Å². The van der Waals surface area contributed by atoms with Crippen molar-refractivity contribution in [3.8, 4) is 5.75 Å². The normalized spacial score (nSPS) is 15.3. The number of fused-ring (bicyclic) bond motifs is 1. The Kier molecular flexibility index (Phi) is 5.09. The van der Waals surface area contributed by atoms with Crippen LogP contribution in [0.1, 0.15) is 23.6 Å². The third-order valence-corrected chi connectivity index (χ3v) is 5.67. The van der Waals surface area contributed by atoms with E-state index in [9.17, 15) is 9.90 Å². The molecule has 1 fully saturated rings. The maximum atomic E-state index is 11.8. The second-order valence-electron chi connectivity index (χ2n) is 7.43. The molecule has 0 unspecified atom stereocenters. The highest BCUT2D eigenvalue weighted by Gasteiger charge is 2.20. The van der Waals surface area contributed by atoms with Gasteiger partial charge in [0.1, 0.15) is 11.3 Å². The molecule has 1 saturated heterocycles. The molecule has 4 rings (SSSR count). The lowest BCUT2D eigenvalue weighted by Gasteiger charge is -2.36. The average molecular weight is 378 g/mol. The van der Waals surface area contributed by atoms with Crippen molar-refractivity contribution in [3.05, 3.63) is 69.6 Å². The van der Waals surface area contributed by atoms with Gasteiger partial charge >= 0.3 is 5.63 Å². The number of benzene rings is 2. The molecule has 1 aromatic heterocycles. The van der Waals surface area contributed by atoms with Gasteiger partial charge < -0.3 is 14.4 Å². The number of piperazine rings is 1. The molecule has 146 valence electrons. The van der Waals surface area contributed by atoms with Crippen LogP contribution in [0.25, 0.3) is 11.0 Å². The molecule has 0 atom stereocenters. The Morgan fingerprint density at radius 2 is 1.75 bits per heavy atom. The summed E-state index contributed by atoms with van der Waals surface area (Å²) >= 11 is 0. The molecule has 0 radical (unpaired) electrons. The van der Waals surface area contributed by atoms with Gasteiger partial charge in [0.2, 0.25) is 0 Å². The van der Waals surface area contributed by atoms with Crippen molar-refractivity contribution in [1.82, 2.24) is 4.90 Å². The topological polar surface area (TPSA) is 56.9 Å². The summed E-state index contributed by atoms with van der Waals surface area (Å²) in [7, 11) is 0. The number of aromatic hydroxyl groups is 1. The van der Waals surface area contributed by atoms with E-state index in [1.807, 2.05) is 26.0 Å². The van der Waals surface area contributed by atoms with E-state index >= 15 is 0 Å². The maximum Gasteiger partial charge on any atom is 0.336 e. The van der Waals surface area contributed by atoms with Gasteiger partial charge in [-0.3, -0.25) is 4.90 Å². The summed E-state index contributed by atoms with van der Waals surface area (Å²) in [5, 5.41) is 11.6. The standard InChI is InChI=1S/C23H26N2O3/c1-3-17-14-21(26)28-23-16(2)22(27)18(13-20(17)23)15-24-9-11-25(12-10-24)19-7-5-4-6-8-19/h4-8,13-14,27H,3,9-12,15H2,1-2H3. The summed E-state index contributed by atoms with van der Waals surface area (Å²) in [6.45, 7) is 8.34. The van der Waals surface area contributed by atoms with E-state index in [1.165, 1.54) is 5.69 Å². The number of phenols is 1. The van der Waals surface area contributed by atoms with Crippen LogP contribution in [-0.2, 0) is 13.0 Å². The monoisotopic (exact) mass is 378 g/mol. The third-order valence-electron chi connectivity index (χ3n) is 5.67. The summed E-state index contributed by atoms with van der Waals surface area (Å²) in [5.74, 6) is 0.231. The predicted octanol–water partition coefficient (Wildman–Crippen LogP) is 3.69. The summed E-state index contributed by atoms with van der Waals surface area (Å²) in [6.07, 6.45) is 0.751. The molecule has 0 aliphatic carbocycles. The van der Waals surface area contributed by atoms with E-state index in [1.54, 1.807) is 6.07 Å². The fourth-order valence-electron chi connectivity index (χ4n) is 4.04. The van der Waals surface area contributed by atoms with Gasteiger partial charge in [0.25, 0.3) is 0 Å². The van der Waals surface area contributed by atoms with Gasteiger partial charge in [-0.05, 0) is 37.1 Å². The van der Waals surface area contributed by atoms with Crippen molar-refractivity contribution in [2.24, 2.45) is 0 Å². The third kappa shape index (κ3) is 3.50. The first-order valence-corrected chi connectivity index (χ1v) is 9.87. The number of hydrogen-bond donors (Lipinski definition) is 1. The highest BCUT2D eigenvalue weighted by atomic mass is 16.4. The smallest absolute Gasteiger partial charge is 0.336 e. The summed E-state index contributed by atoms with van der Waals surface area (Å²) in [5.41, 5.74) is 3.89. The van der Waals surface area contributed by atoms with Gasteiger partial charge in [-0.15, -0.1) is 0 Å². The zero-order valence-electron chi connectivity index (χ0n) is 16.4. The van der Waals surface area contributed by atoms with Crippen LogP contribution < -0.4 is 10.5 Å². The molecule has 5 heteroatoms. The number of aryl methyl sites for hydroxylation is 2. The molecule has 5 nitrogen and oxygen atoms in total. The molecule has 0 spiro atoms. The van der Waals surface area contributed by atoms with E-state index in [0.717, 1.165) is 49.1 Å². The fourth-order valence-corrected chi connectivity index (χ4v) is 4.04. The summed E-state index contributed by atoms with van der Waals surface area (Å²) in [4.78, 5) is 16.6. The minimum Gasteiger partial charge on any atom is -0.507 e. The molecule has 1 aliphatic heterocycles. The first kappa shape index (κ1) is 18.6. The second-order valence-corrected chi connectivity index (χ2v) is 7.43. The maximum absolute atomic E-state index is 11.8. The van der Waals surface area contributed by atoms with E-state index in [2.05, 4.69) is 34.1 Å². The van der Waals surface area contributed by atoms with Gasteiger partial charge in [-0.1, -0.05) is 25.1 Å². The highest BCUT2D eigenvalue weighted by Crippen LogP contribution is 2.33. The van der Waals surface area contributed by atoms with E-state index < -0.39 is 0 Å². The molecule has 0 bridgehead atoms. The number of nitrogens with zero attached hydrogens (tertiary/aromatic N) is 2. The number of rotatable bonds is 4. The number of phenolic OH excluding ortho intramolecular Hbond substituents is 1. The van der Waals surface area contributed by atoms with Crippen molar-refractivity contribution in [1.29, 1.82) is 0 Å². The lowest BCUT2D eigenvalue weighted by Crippen LogP contribution is -2.45. The Hall–Kier alpha value is -2.79. The van der Waals surface area contributed by atoms with Crippen LogP contribution in [0.15, 0.2) is 51.7 Å². The van der Waals surface area contributed by atoms with Crippen LogP contribution in [0.2, 0.25) is 0 Å². The molecule has 1 aliphatic rings. The molecule has 0 saturated carbocycles. The molecular weight excluding hydrogens is 352 g/mol. The van der Waals surface area contributed by atoms with Crippen LogP contribution in [-0.4, -0.2) is 36.2 Å². The van der Waals surface area contributed by atoms with Crippen molar-refractivity contribution in [2.45, 2.75) is 26.8 Å². The molecule has 3 aromatic rings. The predicted molar refractivity (Wildman–Crippen MR) is 112 cm³/mol.